The maximum absolute atomic E-state index is 14.1. The molecule has 0 saturated carbocycles. The van der Waals surface area contributed by atoms with Crippen LogP contribution in [0.4, 0.5) is 10.1 Å². The maximum atomic E-state index is 14.1. The van der Waals surface area contributed by atoms with Gasteiger partial charge in [-0.05, 0) is 50.0 Å². The molecule has 1 aromatic rings. The maximum Gasteiger partial charge on any atom is 0.328 e. The molecule has 1 aromatic carbocycles. The lowest BCUT2D eigenvalue weighted by Gasteiger charge is -2.35. The highest BCUT2D eigenvalue weighted by molar-refractivity contribution is 5.85. The molecule has 0 radical (unpaired) electrons. The van der Waals surface area contributed by atoms with Crippen LogP contribution >= 0.6 is 0 Å². The molecule has 102 valence electrons. The van der Waals surface area contributed by atoms with E-state index in [1.54, 1.807) is 12.1 Å². The standard InChI is InChI=1S/C15H18FNO2/c1-11-4-2-3-9-17(11)14-7-5-12(10-13(14)16)6-8-15(18)19/h5-8,10-11H,2-4,9H2,1H3,(H,18,19)/b8-6+. The molecule has 19 heavy (non-hydrogen) atoms. The molecule has 1 aliphatic rings. The van der Waals surface area contributed by atoms with Gasteiger partial charge in [-0.1, -0.05) is 6.07 Å². The fourth-order valence-corrected chi connectivity index (χ4v) is 2.48. The molecule has 0 aliphatic carbocycles. The molecule has 0 bridgehead atoms. The van der Waals surface area contributed by atoms with E-state index < -0.39 is 5.97 Å². The van der Waals surface area contributed by atoms with Crippen LogP contribution in [0.15, 0.2) is 24.3 Å². The van der Waals surface area contributed by atoms with Crippen LogP contribution < -0.4 is 4.90 Å². The Kier molecular flexibility index (Phi) is 4.20. The molecule has 1 atom stereocenters. The Morgan fingerprint density at radius 1 is 1.47 bits per heavy atom. The van der Waals surface area contributed by atoms with Crippen LogP contribution in [0.2, 0.25) is 0 Å². The lowest BCUT2D eigenvalue weighted by atomic mass is 10.0. The zero-order chi connectivity index (χ0) is 13.8. The quantitative estimate of drug-likeness (QED) is 0.851. The summed E-state index contributed by atoms with van der Waals surface area (Å²) in [5.41, 5.74) is 1.17. The van der Waals surface area contributed by atoms with Gasteiger partial charge in [0.15, 0.2) is 0 Å². The number of rotatable bonds is 3. The molecule has 0 aromatic heterocycles. The number of anilines is 1. The fraction of sp³-hybridized carbons (Fsp3) is 0.400. The molecule has 3 nitrogen and oxygen atoms in total. The summed E-state index contributed by atoms with van der Waals surface area (Å²) in [7, 11) is 0. The largest absolute Gasteiger partial charge is 0.478 e. The van der Waals surface area contributed by atoms with Gasteiger partial charge in [-0.3, -0.25) is 0 Å². The fourth-order valence-electron chi connectivity index (χ4n) is 2.48. The van der Waals surface area contributed by atoms with Crippen LogP contribution in [-0.2, 0) is 4.79 Å². The third-order valence-electron chi connectivity index (χ3n) is 3.50. The molecule has 0 spiro atoms. The van der Waals surface area contributed by atoms with Crippen molar-refractivity contribution in [2.24, 2.45) is 0 Å². The zero-order valence-corrected chi connectivity index (χ0v) is 11.0. The Balaban J connectivity index is 2.21. The summed E-state index contributed by atoms with van der Waals surface area (Å²) in [5.74, 6) is -1.32. The summed E-state index contributed by atoms with van der Waals surface area (Å²) in [6.45, 7) is 2.99. The molecule has 1 unspecified atom stereocenters. The van der Waals surface area contributed by atoms with Crippen LogP contribution in [0.5, 0.6) is 0 Å². The third kappa shape index (κ3) is 3.34. The Labute approximate surface area is 112 Å². The van der Waals surface area contributed by atoms with Gasteiger partial charge >= 0.3 is 5.97 Å². The SMILES string of the molecule is CC1CCCCN1c1ccc(/C=C/C(=O)O)cc1F. The first-order valence-corrected chi connectivity index (χ1v) is 6.55. The van der Waals surface area contributed by atoms with E-state index in [2.05, 4.69) is 11.8 Å². The number of carboxylic acid groups (broad SMARTS) is 1. The number of nitrogens with zero attached hydrogens (tertiary/aromatic N) is 1. The molecule has 2 rings (SSSR count). The highest BCUT2D eigenvalue weighted by Gasteiger charge is 2.20. The van der Waals surface area contributed by atoms with E-state index in [4.69, 9.17) is 5.11 Å². The van der Waals surface area contributed by atoms with Crippen molar-refractivity contribution < 1.29 is 14.3 Å². The summed E-state index contributed by atoms with van der Waals surface area (Å²) in [5, 5.41) is 8.55. The molecule has 0 amide bonds. The Bertz CT molecular complexity index is 499. The zero-order valence-electron chi connectivity index (χ0n) is 11.0. The average molecular weight is 263 g/mol. The predicted molar refractivity (Wildman–Crippen MR) is 73.7 cm³/mol. The lowest BCUT2D eigenvalue weighted by molar-refractivity contribution is -0.131. The number of hydrogen-bond donors (Lipinski definition) is 1. The molecule has 1 saturated heterocycles. The van der Waals surface area contributed by atoms with Gasteiger partial charge in [-0.15, -0.1) is 0 Å². The molecular weight excluding hydrogens is 245 g/mol. The summed E-state index contributed by atoms with van der Waals surface area (Å²) in [4.78, 5) is 12.5. The van der Waals surface area contributed by atoms with Crippen LogP contribution in [0, 0.1) is 5.82 Å². The van der Waals surface area contributed by atoms with Crippen molar-refractivity contribution in [1.82, 2.24) is 0 Å². The van der Waals surface area contributed by atoms with Crippen molar-refractivity contribution in [1.29, 1.82) is 0 Å². The van der Waals surface area contributed by atoms with Gasteiger partial charge in [0.1, 0.15) is 5.82 Å². The number of halogens is 1. The molecule has 4 heteroatoms. The van der Waals surface area contributed by atoms with Gasteiger partial charge in [-0.2, -0.15) is 0 Å². The molecule has 1 fully saturated rings. The normalized spacial score (nSPS) is 19.9. The molecule has 1 N–H and O–H groups in total. The first kappa shape index (κ1) is 13.6. The summed E-state index contributed by atoms with van der Waals surface area (Å²) >= 11 is 0. The van der Waals surface area contributed by atoms with Gasteiger partial charge < -0.3 is 10.0 Å². The number of carboxylic acids is 1. The Hall–Kier alpha value is -1.84. The van der Waals surface area contributed by atoms with E-state index in [0.29, 0.717) is 17.3 Å². The van der Waals surface area contributed by atoms with E-state index in [9.17, 15) is 9.18 Å². The van der Waals surface area contributed by atoms with Crippen molar-refractivity contribution in [2.45, 2.75) is 32.2 Å². The molecular formula is C15H18FNO2. The predicted octanol–water partition coefficient (Wildman–Crippen LogP) is 3.30. The van der Waals surface area contributed by atoms with Crippen LogP contribution in [-0.4, -0.2) is 23.7 Å². The topological polar surface area (TPSA) is 40.5 Å². The van der Waals surface area contributed by atoms with E-state index in [-0.39, 0.29) is 5.82 Å². The first-order valence-electron chi connectivity index (χ1n) is 6.55. The number of benzene rings is 1. The summed E-state index contributed by atoms with van der Waals surface area (Å²) < 4.78 is 14.1. The van der Waals surface area contributed by atoms with Crippen molar-refractivity contribution in [3.05, 3.63) is 35.7 Å². The van der Waals surface area contributed by atoms with E-state index in [0.717, 1.165) is 25.5 Å². The minimum atomic E-state index is -1.03. The highest BCUT2D eigenvalue weighted by Crippen LogP contribution is 2.27. The average Bonchev–Trinajstić information content (AvgIpc) is 2.38. The van der Waals surface area contributed by atoms with E-state index in [1.165, 1.54) is 18.6 Å². The summed E-state index contributed by atoms with van der Waals surface area (Å²) in [6, 6.07) is 5.22. The lowest BCUT2D eigenvalue weighted by Crippen LogP contribution is -2.37. The van der Waals surface area contributed by atoms with Gasteiger partial charge in [0.05, 0.1) is 5.69 Å². The van der Waals surface area contributed by atoms with E-state index in [1.807, 2.05) is 0 Å². The number of aliphatic carboxylic acids is 1. The van der Waals surface area contributed by atoms with Crippen LogP contribution in [0.25, 0.3) is 6.08 Å². The Morgan fingerprint density at radius 3 is 2.89 bits per heavy atom. The number of carbonyl (C=O) groups is 1. The van der Waals surface area contributed by atoms with Gasteiger partial charge in [-0.25, -0.2) is 9.18 Å². The highest BCUT2D eigenvalue weighted by atomic mass is 19.1. The summed E-state index contributed by atoms with van der Waals surface area (Å²) in [6.07, 6.45) is 5.77. The molecule has 1 heterocycles. The second kappa shape index (κ2) is 5.87. The van der Waals surface area contributed by atoms with Gasteiger partial charge in [0.25, 0.3) is 0 Å². The molecule has 1 aliphatic heterocycles. The minimum absolute atomic E-state index is 0.290. The van der Waals surface area contributed by atoms with Crippen LogP contribution in [0.3, 0.4) is 0 Å². The van der Waals surface area contributed by atoms with E-state index >= 15 is 0 Å². The monoisotopic (exact) mass is 263 g/mol. The third-order valence-corrected chi connectivity index (χ3v) is 3.50. The second-order valence-corrected chi connectivity index (χ2v) is 4.92. The Morgan fingerprint density at radius 2 is 2.26 bits per heavy atom. The smallest absolute Gasteiger partial charge is 0.328 e. The minimum Gasteiger partial charge on any atom is -0.478 e. The second-order valence-electron chi connectivity index (χ2n) is 4.92. The van der Waals surface area contributed by atoms with Crippen LogP contribution in [0.1, 0.15) is 31.7 Å². The first-order chi connectivity index (χ1) is 9.08. The van der Waals surface area contributed by atoms with Gasteiger partial charge in [0, 0.05) is 18.7 Å². The van der Waals surface area contributed by atoms with Crippen molar-refractivity contribution in [2.75, 3.05) is 11.4 Å². The van der Waals surface area contributed by atoms with Crippen molar-refractivity contribution in [3.8, 4) is 0 Å². The van der Waals surface area contributed by atoms with Gasteiger partial charge in [0.2, 0.25) is 0 Å². The van der Waals surface area contributed by atoms with Crippen molar-refractivity contribution in [3.63, 3.8) is 0 Å². The number of hydrogen-bond acceptors (Lipinski definition) is 2. The number of piperidine rings is 1. The van der Waals surface area contributed by atoms with Crippen molar-refractivity contribution >= 4 is 17.7 Å².